The van der Waals surface area contributed by atoms with Crippen molar-refractivity contribution < 1.29 is 4.79 Å². The molecule has 3 nitrogen and oxygen atoms in total. The first-order valence-electron chi connectivity index (χ1n) is 5.77. The molecule has 1 amide bonds. The summed E-state index contributed by atoms with van der Waals surface area (Å²) in [6.07, 6.45) is 1.56. The maximum absolute atomic E-state index is 11.8. The van der Waals surface area contributed by atoms with E-state index in [1.54, 1.807) is 13.0 Å². The normalized spacial score (nSPS) is 14.1. The standard InChI is InChI=1S/C13H19ClN2O/c1-3-7-13(2,15)12(17)16-9-10-5-4-6-11(14)8-10/h4-6,8H,3,7,9,15H2,1-2H3,(H,16,17). The summed E-state index contributed by atoms with van der Waals surface area (Å²) in [4.78, 5) is 11.8. The first-order valence-corrected chi connectivity index (χ1v) is 6.15. The minimum Gasteiger partial charge on any atom is -0.350 e. The zero-order chi connectivity index (χ0) is 12.9. The van der Waals surface area contributed by atoms with Gasteiger partial charge in [-0.05, 0) is 31.0 Å². The Bertz CT molecular complexity index is 391. The topological polar surface area (TPSA) is 55.1 Å². The van der Waals surface area contributed by atoms with Crippen molar-refractivity contribution in [1.29, 1.82) is 0 Å². The number of carbonyl (C=O) groups excluding carboxylic acids is 1. The highest BCUT2D eigenvalue weighted by atomic mass is 35.5. The van der Waals surface area contributed by atoms with Gasteiger partial charge >= 0.3 is 0 Å². The number of nitrogens with two attached hydrogens (primary N) is 1. The number of hydrogen-bond donors (Lipinski definition) is 2. The fourth-order valence-corrected chi connectivity index (χ4v) is 1.88. The summed E-state index contributed by atoms with van der Waals surface area (Å²) in [6, 6.07) is 7.41. The monoisotopic (exact) mass is 254 g/mol. The molecular formula is C13H19ClN2O. The Morgan fingerprint density at radius 1 is 1.53 bits per heavy atom. The van der Waals surface area contributed by atoms with Crippen LogP contribution in [0.1, 0.15) is 32.3 Å². The van der Waals surface area contributed by atoms with Crippen molar-refractivity contribution in [2.75, 3.05) is 0 Å². The number of carbonyl (C=O) groups is 1. The van der Waals surface area contributed by atoms with Gasteiger partial charge in [0.2, 0.25) is 5.91 Å². The van der Waals surface area contributed by atoms with E-state index in [2.05, 4.69) is 5.32 Å². The number of benzene rings is 1. The van der Waals surface area contributed by atoms with Gasteiger partial charge in [0.25, 0.3) is 0 Å². The lowest BCUT2D eigenvalue weighted by atomic mass is 9.96. The average Bonchev–Trinajstić information content (AvgIpc) is 2.26. The molecule has 1 atom stereocenters. The molecule has 0 bridgehead atoms. The van der Waals surface area contributed by atoms with Crippen molar-refractivity contribution in [2.45, 2.75) is 38.8 Å². The van der Waals surface area contributed by atoms with Gasteiger partial charge in [-0.2, -0.15) is 0 Å². The Hall–Kier alpha value is -1.06. The fraction of sp³-hybridized carbons (Fsp3) is 0.462. The molecule has 0 saturated carbocycles. The third-order valence-corrected chi connectivity index (χ3v) is 2.87. The Balaban J connectivity index is 2.54. The van der Waals surface area contributed by atoms with Crippen LogP contribution in [0.15, 0.2) is 24.3 Å². The maximum atomic E-state index is 11.8. The highest BCUT2D eigenvalue weighted by Gasteiger charge is 2.26. The summed E-state index contributed by atoms with van der Waals surface area (Å²) in [5, 5.41) is 3.50. The van der Waals surface area contributed by atoms with E-state index in [1.165, 1.54) is 0 Å². The molecule has 0 radical (unpaired) electrons. The molecule has 1 aromatic rings. The maximum Gasteiger partial charge on any atom is 0.240 e. The van der Waals surface area contributed by atoms with Crippen molar-refractivity contribution >= 4 is 17.5 Å². The van der Waals surface area contributed by atoms with Gasteiger partial charge in [-0.15, -0.1) is 0 Å². The van der Waals surface area contributed by atoms with Crippen LogP contribution in [0.25, 0.3) is 0 Å². The second kappa shape index (κ2) is 6.03. The Morgan fingerprint density at radius 2 is 2.24 bits per heavy atom. The van der Waals surface area contributed by atoms with Gasteiger partial charge in [-0.1, -0.05) is 37.1 Å². The largest absolute Gasteiger partial charge is 0.350 e. The highest BCUT2D eigenvalue weighted by molar-refractivity contribution is 6.30. The van der Waals surface area contributed by atoms with E-state index in [1.807, 2.05) is 25.1 Å². The summed E-state index contributed by atoms with van der Waals surface area (Å²) in [5.74, 6) is -0.126. The lowest BCUT2D eigenvalue weighted by molar-refractivity contribution is -0.126. The van der Waals surface area contributed by atoms with Crippen LogP contribution in [-0.4, -0.2) is 11.4 Å². The molecule has 0 aliphatic rings. The van der Waals surface area contributed by atoms with Crippen molar-refractivity contribution in [2.24, 2.45) is 5.73 Å². The number of nitrogens with one attached hydrogen (secondary N) is 1. The van der Waals surface area contributed by atoms with Gasteiger partial charge < -0.3 is 11.1 Å². The van der Waals surface area contributed by atoms with E-state index in [4.69, 9.17) is 17.3 Å². The zero-order valence-electron chi connectivity index (χ0n) is 10.3. The second-order valence-corrected chi connectivity index (χ2v) is 4.92. The van der Waals surface area contributed by atoms with E-state index < -0.39 is 5.54 Å². The van der Waals surface area contributed by atoms with Crippen LogP contribution in [-0.2, 0) is 11.3 Å². The summed E-state index contributed by atoms with van der Waals surface area (Å²) in [5.41, 5.74) is 6.10. The molecular weight excluding hydrogens is 236 g/mol. The molecule has 94 valence electrons. The van der Waals surface area contributed by atoms with Crippen LogP contribution in [0, 0.1) is 0 Å². The Labute approximate surface area is 107 Å². The first kappa shape index (κ1) is 14.0. The van der Waals surface area contributed by atoms with Gasteiger partial charge in [0.05, 0.1) is 5.54 Å². The molecule has 1 aromatic carbocycles. The first-order chi connectivity index (χ1) is 7.95. The second-order valence-electron chi connectivity index (χ2n) is 4.48. The van der Waals surface area contributed by atoms with E-state index >= 15 is 0 Å². The lowest BCUT2D eigenvalue weighted by Gasteiger charge is -2.22. The predicted octanol–water partition coefficient (Wildman–Crippen LogP) is 2.47. The van der Waals surface area contributed by atoms with Gasteiger partial charge in [-0.25, -0.2) is 0 Å². The van der Waals surface area contributed by atoms with E-state index in [0.29, 0.717) is 18.0 Å². The Morgan fingerprint density at radius 3 is 2.82 bits per heavy atom. The minimum atomic E-state index is -0.798. The number of amides is 1. The Kier molecular flexibility index (Phi) is 4.97. The summed E-state index contributed by atoms with van der Waals surface area (Å²) in [7, 11) is 0. The molecule has 0 fully saturated rings. The molecule has 17 heavy (non-hydrogen) atoms. The lowest BCUT2D eigenvalue weighted by Crippen LogP contribution is -2.51. The van der Waals surface area contributed by atoms with E-state index in [9.17, 15) is 4.79 Å². The molecule has 0 aliphatic carbocycles. The van der Waals surface area contributed by atoms with Crippen LogP contribution < -0.4 is 11.1 Å². The van der Waals surface area contributed by atoms with Crippen molar-refractivity contribution in [3.8, 4) is 0 Å². The quantitative estimate of drug-likeness (QED) is 0.848. The van der Waals surface area contributed by atoms with Crippen molar-refractivity contribution in [3.05, 3.63) is 34.9 Å². The van der Waals surface area contributed by atoms with Gasteiger partial charge in [-0.3, -0.25) is 4.79 Å². The van der Waals surface area contributed by atoms with Gasteiger partial charge in [0, 0.05) is 11.6 Å². The van der Waals surface area contributed by atoms with Crippen LogP contribution in [0.2, 0.25) is 5.02 Å². The van der Waals surface area contributed by atoms with Crippen molar-refractivity contribution in [3.63, 3.8) is 0 Å². The van der Waals surface area contributed by atoms with E-state index in [-0.39, 0.29) is 5.91 Å². The minimum absolute atomic E-state index is 0.126. The van der Waals surface area contributed by atoms with Crippen LogP contribution in [0.5, 0.6) is 0 Å². The number of halogens is 1. The third-order valence-electron chi connectivity index (χ3n) is 2.63. The number of hydrogen-bond acceptors (Lipinski definition) is 2. The molecule has 0 heterocycles. The average molecular weight is 255 g/mol. The molecule has 1 unspecified atom stereocenters. The summed E-state index contributed by atoms with van der Waals surface area (Å²) >= 11 is 5.86. The third kappa shape index (κ3) is 4.36. The molecule has 4 heteroatoms. The molecule has 3 N–H and O–H groups in total. The van der Waals surface area contributed by atoms with Crippen LogP contribution in [0.4, 0.5) is 0 Å². The van der Waals surface area contributed by atoms with Crippen LogP contribution >= 0.6 is 11.6 Å². The molecule has 1 rings (SSSR count). The SMILES string of the molecule is CCCC(C)(N)C(=O)NCc1cccc(Cl)c1. The fourth-order valence-electron chi connectivity index (χ4n) is 1.66. The number of rotatable bonds is 5. The predicted molar refractivity (Wildman–Crippen MR) is 70.8 cm³/mol. The highest BCUT2D eigenvalue weighted by Crippen LogP contribution is 2.12. The molecule has 0 saturated heterocycles. The smallest absolute Gasteiger partial charge is 0.240 e. The van der Waals surface area contributed by atoms with Gasteiger partial charge in [0.1, 0.15) is 0 Å². The zero-order valence-corrected chi connectivity index (χ0v) is 11.1. The molecule has 0 aromatic heterocycles. The summed E-state index contributed by atoms with van der Waals surface area (Å²) in [6.45, 7) is 4.22. The van der Waals surface area contributed by atoms with Gasteiger partial charge in [0.15, 0.2) is 0 Å². The van der Waals surface area contributed by atoms with Crippen molar-refractivity contribution in [1.82, 2.24) is 5.32 Å². The molecule has 0 aliphatic heterocycles. The van der Waals surface area contributed by atoms with E-state index in [0.717, 1.165) is 12.0 Å². The van der Waals surface area contributed by atoms with Crippen LogP contribution in [0.3, 0.4) is 0 Å². The molecule has 0 spiro atoms. The summed E-state index contributed by atoms with van der Waals surface area (Å²) < 4.78 is 0.